The van der Waals surface area contributed by atoms with Crippen molar-refractivity contribution in [3.05, 3.63) is 11.6 Å². The molecule has 1 saturated heterocycles. The first-order valence-electron chi connectivity index (χ1n) is 14.5. The highest BCUT2D eigenvalue weighted by atomic mass is 32.3. The van der Waals surface area contributed by atoms with Gasteiger partial charge in [-0.2, -0.15) is 8.42 Å². The van der Waals surface area contributed by atoms with E-state index >= 15 is 0 Å². The Balaban J connectivity index is 1.41. The van der Waals surface area contributed by atoms with Gasteiger partial charge in [-0.1, -0.05) is 46.3 Å². The number of carbonyl (C=O) groups is 1. The van der Waals surface area contributed by atoms with Crippen LogP contribution in [0.2, 0.25) is 0 Å². The van der Waals surface area contributed by atoms with Crippen LogP contribution in [0.4, 0.5) is 0 Å². The fourth-order valence-corrected chi connectivity index (χ4v) is 10.1. The summed E-state index contributed by atoms with van der Waals surface area (Å²) in [4.78, 5) is 11.8. The number of esters is 1. The zero-order chi connectivity index (χ0) is 27.8. The first-order chi connectivity index (χ1) is 17.7. The van der Waals surface area contributed by atoms with Crippen LogP contribution >= 0.6 is 0 Å². The topological polar surface area (TPSA) is 123 Å². The maximum absolute atomic E-state index is 11.8. The predicted molar refractivity (Wildman–Crippen MR) is 141 cm³/mol. The monoisotopic (exact) mass is 554 g/mol. The van der Waals surface area contributed by atoms with Gasteiger partial charge in [-0.3, -0.25) is 9.35 Å². The Morgan fingerprint density at radius 3 is 2.45 bits per heavy atom. The molecular weight excluding hydrogens is 508 g/mol. The van der Waals surface area contributed by atoms with E-state index in [9.17, 15) is 22.9 Å². The van der Waals surface area contributed by atoms with Gasteiger partial charge < -0.3 is 14.6 Å². The number of hydrogen-bond donors (Lipinski definition) is 2. The smallest absolute Gasteiger partial charge is 0.397 e. The summed E-state index contributed by atoms with van der Waals surface area (Å²) in [7, 11) is -4.81. The number of carbonyl (C=O) groups excluding carboxylic acids is 1. The number of allylic oxidation sites excluding steroid dienone is 2. The number of fused-ring (bicyclic) bond motifs is 5. The predicted octanol–water partition coefficient (Wildman–Crippen LogP) is 4.72. The summed E-state index contributed by atoms with van der Waals surface area (Å²) in [5.41, 5.74) is 1.20. The quantitative estimate of drug-likeness (QED) is 0.201. The maximum Gasteiger partial charge on any atom is 0.397 e. The average Bonchev–Trinajstić information content (AvgIpc) is 3.44. The van der Waals surface area contributed by atoms with Crippen molar-refractivity contribution in [2.24, 2.45) is 46.3 Å². The summed E-state index contributed by atoms with van der Waals surface area (Å²) in [6.07, 6.45) is 6.09. The van der Waals surface area contributed by atoms with Crippen molar-refractivity contribution in [2.75, 3.05) is 0 Å². The van der Waals surface area contributed by atoms with Crippen molar-refractivity contribution in [3.8, 4) is 0 Å². The van der Waals surface area contributed by atoms with Gasteiger partial charge >= 0.3 is 16.4 Å². The first-order valence-corrected chi connectivity index (χ1v) is 15.9. The Morgan fingerprint density at radius 1 is 1.13 bits per heavy atom. The fourth-order valence-electron chi connectivity index (χ4n) is 9.60. The van der Waals surface area contributed by atoms with Crippen LogP contribution in [0.15, 0.2) is 11.6 Å². The molecule has 216 valence electrons. The minimum absolute atomic E-state index is 0.180. The van der Waals surface area contributed by atoms with Gasteiger partial charge in [0.05, 0.1) is 18.3 Å². The number of rotatable bonds is 7. The highest BCUT2D eigenvalue weighted by Crippen LogP contribution is 2.67. The van der Waals surface area contributed by atoms with Crippen molar-refractivity contribution in [1.82, 2.24) is 0 Å². The second kappa shape index (κ2) is 9.82. The third kappa shape index (κ3) is 4.89. The normalized spacial score (nSPS) is 47.0. The maximum atomic E-state index is 11.8. The van der Waals surface area contributed by atoms with Gasteiger partial charge in [-0.25, -0.2) is 4.18 Å². The SMILES string of the molecule is CC(=O)O[C@H]1[C@H](O)C[C@@]2(C)C(CC=C3[C@@H]4CC[C@H]([C@H](C)[C@@H]5O[C@H]5CC(C)C)[C@@]4(C)CC[C@@H]32)[C@@H]1OS(=O)(=O)O. The van der Waals surface area contributed by atoms with Gasteiger partial charge in [0.2, 0.25) is 0 Å². The molecule has 0 aromatic carbocycles. The lowest BCUT2D eigenvalue weighted by Gasteiger charge is -2.59. The van der Waals surface area contributed by atoms with Crippen LogP contribution in [-0.4, -0.2) is 54.6 Å². The van der Waals surface area contributed by atoms with E-state index in [1.807, 2.05) is 0 Å². The summed E-state index contributed by atoms with van der Waals surface area (Å²) in [5, 5.41) is 11.1. The highest BCUT2D eigenvalue weighted by molar-refractivity contribution is 7.80. The molecule has 0 aromatic heterocycles. The van der Waals surface area contributed by atoms with Gasteiger partial charge in [-0.15, -0.1) is 0 Å². The molecule has 8 nitrogen and oxygen atoms in total. The Bertz CT molecular complexity index is 1070. The Morgan fingerprint density at radius 2 is 1.82 bits per heavy atom. The lowest BCUT2D eigenvalue weighted by Crippen LogP contribution is -2.61. The Kier molecular flexibility index (Phi) is 7.37. The molecule has 1 aliphatic heterocycles. The molecule has 2 N–H and O–H groups in total. The molecule has 12 atom stereocenters. The van der Waals surface area contributed by atoms with Crippen molar-refractivity contribution < 1.29 is 36.5 Å². The van der Waals surface area contributed by atoms with Crippen LogP contribution in [-0.2, 0) is 28.9 Å². The first kappa shape index (κ1) is 28.5. The van der Waals surface area contributed by atoms with E-state index in [1.54, 1.807) is 0 Å². The second-order valence-electron chi connectivity index (χ2n) is 13.8. The van der Waals surface area contributed by atoms with Gasteiger partial charge in [0.1, 0.15) is 6.10 Å². The van der Waals surface area contributed by atoms with E-state index in [1.165, 1.54) is 18.9 Å². The molecular formula is C29H46O8S. The van der Waals surface area contributed by atoms with Crippen LogP contribution in [0.1, 0.15) is 86.5 Å². The summed E-state index contributed by atoms with van der Waals surface area (Å²) >= 11 is 0. The van der Waals surface area contributed by atoms with Crippen LogP contribution in [0, 0.1) is 46.3 Å². The van der Waals surface area contributed by atoms with E-state index in [0.717, 1.165) is 25.7 Å². The minimum Gasteiger partial charge on any atom is -0.457 e. The van der Waals surface area contributed by atoms with Crippen LogP contribution < -0.4 is 0 Å². The molecule has 0 bridgehead atoms. The molecule has 0 amide bonds. The zero-order valence-corrected chi connectivity index (χ0v) is 24.4. The van der Waals surface area contributed by atoms with E-state index in [-0.39, 0.29) is 17.3 Å². The molecule has 0 radical (unpaired) electrons. The standard InChI is InChI=1S/C29H46O8S/c1-15(2)13-24-25(36-24)16(3)19-9-10-20-18-7-8-22-26(37-38(32,33)34)27(35-17(4)30)23(31)14-29(22,6)21(18)11-12-28(19,20)5/h7,15-16,19-27,31H,8-14H2,1-6H3,(H,32,33,34)/t16-,19+,20-,21-,22?,23+,24-,25-,26-,27-,28+,29+/m0/s1. The number of ether oxygens (including phenoxy) is 2. The van der Waals surface area contributed by atoms with Crippen molar-refractivity contribution in [2.45, 2.75) is 117 Å². The van der Waals surface area contributed by atoms with Crippen LogP contribution in [0.3, 0.4) is 0 Å². The van der Waals surface area contributed by atoms with Crippen molar-refractivity contribution >= 4 is 16.4 Å². The third-order valence-corrected chi connectivity index (χ3v) is 11.7. The molecule has 5 aliphatic rings. The van der Waals surface area contributed by atoms with E-state index in [0.29, 0.717) is 48.7 Å². The fraction of sp³-hybridized carbons (Fsp3) is 0.897. The number of aliphatic hydroxyl groups is 1. The molecule has 3 saturated carbocycles. The average molecular weight is 555 g/mol. The Hall–Kier alpha value is -1.00. The molecule has 1 heterocycles. The third-order valence-electron chi connectivity index (χ3n) is 11.2. The molecule has 0 spiro atoms. The van der Waals surface area contributed by atoms with Gasteiger partial charge in [0.25, 0.3) is 0 Å². The summed E-state index contributed by atoms with van der Waals surface area (Å²) in [5.74, 6) is 1.46. The largest absolute Gasteiger partial charge is 0.457 e. The summed E-state index contributed by atoms with van der Waals surface area (Å²) in [6, 6.07) is 0. The highest BCUT2D eigenvalue weighted by Gasteiger charge is 2.63. The molecule has 9 heteroatoms. The molecule has 38 heavy (non-hydrogen) atoms. The van der Waals surface area contributed by atoms with E-state index < -0.39 is 40.1 Å². The van der Waals surface area contributed by atoms with Gasteiger partial charge in [-0.05, 0) is 91.3 Å². The van der Waals surface area contributed by atoms with E-state index in [2.05, 4.69) is 40.7 Å². The number of epoxide rings is 1. The molecule has 4 fully saturated rings. The minimum atomic E-state index is -4.81. The summed E-state index contributed by atoms with van der Waals surface area (Å²) < 4.78 is 49.9. The molecule has 0 aromatic rings. The molecule has 5 rings (SSSR count). The summed E-state index contributed by atoms with van der Waals surface area (Å²) in [6.45, 7) is 12.7. The second-order valence-corrected chi connectivity index (χ2v) is 14.9. The van der Waals surface area contributed by atoms with Crippen molar-refractivity contribution in [1.29, 1.82) is 0 Å². The number of aliphatic hydroxyl groups excluding tert-OH is 1. The van der Waals surface area contributed by atoms with Crippen LogP contribution in [0.5, 0.6) is 0 Å². The van der Waals surface area contributed by atoms with Crippen LogP contribution in [0.25, 0.3) is 0 Å². The lowest BCUT2D eigenvalue weighted by atomic mass is 9.47. The number of hydrogen-bond acceptors (Lipinski definition) is 7. The van der Waals surface area contributed by atoms with Gasteiger partial charge in [0, 0.05) is 6.92 Å². The Labute approximate surface area is 227 Å². The van der Waals surface area contributed by atoms with Crippen molar-refractivity contribution in [3.63, 3.8) is 0 Å². The molecule has 1 unspecified atom stereocenters. The lowest BCUT2D eigenvalue weighted by molar-refractivity contribution is -0.193. The zero-order valence-electron chi connectivity index (χ0n) is 23.6. The van der Waals surface area contributed by atoms with E-state index in [4.69, 9.17) is 13.7 Å². The van der Waals surface area contributed by atoms with Gasteiger partial charge in [0.15, 0.2) is 6.10 Å². The molecule has 4 aliphatic carbocycles.